The smallest absolute Gasteiger partial charge is 0.327 e. The van der Waals surface area contributed by atoms with E-state index in [4.69, 9.17) is 4.74 Å². The second-order valence-corrected chi connectivity index (χ2v) is 7.80. The number of ether oxygens (including phenoxy) is 1. The molecule has 2 aliphatic rings. The average molecular weight is 401 g/mol. The van der Waals surface area contributed by atoms with Crippen LogP contribution in [0.3, 0.4) is 0 Å². The summed E-state index contributed by atoms with van der Waals surface area (Å²) in [7, 11) is 0. The number of rotatable bonds is 7. The number of carbonyl (C=O) groups excluding carboxylic acids is 4. The third kappa shape index (κ3) is 4.58. The van der Waals surface area contributed by atoms with Gasteiger partial charge < -0.3 is 15.4 Å². The summed E-state index contributed by atoms with van der Waals surface area (Å²) < 4.78 is 5.13. The quantitative estimate of drug-likeness (QED) is 0.535. The molecular formula is C21H27N3O5. The van der Waals surface area contributed by atoms with Crippen LogP contribution in [0.5, 0.6) is 0 Å². The highest BCUT2D eigenvalue weighted by Gasteiger charge is 2.52. The van der Waals surface area contributed by atoms with Crippen LogP contribution in [0, 0.1) is 0 Å². The lowest BCUT2D eigenvalue weighted by Crippen LogP contribution is -2.45. The highest BCUT2D eigenvalue weighted by molar-refractivity contribution is 6.08. The van der Waals surface area contributed by atoms with E-state index in [0.29, 0.717) is 19.4 Å². The zero-order chi connectivity index (χ0) is 21.0. The fourth-order valence-electron chi connectivity index (χ4n) is 3.85. The van der Waals surface area contributed by atoms with Gasteiger partial charge in [0.2, 0.25) is 0 Å². The van der Waals surface area contributed by atoms with Crippen LogP contribution in [0.25, 0.3) is 0 Å². The lowest BCUT2D eigenvalue weighted by atomic mass is 9.98. The predicted molar refractivity (Wildman–Crippen MR) is 105 cm³/mol. The second-order valence-electron chi connectivity index (χ2n) is 7.80. The van der Waals surface area contributed by atoms with Crippen LogP contribution >= 0.6 is 0 Å². The molecule has 4 amide bonds. The van der Waals surface area contributed by atoms with Gasteiger partial charge in [0.15, 0.2) is 6.10 Å². The van der Waals surface area contributed by atoms with E-state index < -0.39 is 36.1 Å². The number of amides is 4. The van der Waals surface area contributed by atoms with E-state index in [2.05, 4.69) is 10.6 Å². The molecule has 0 radical (unpaired) electrons. The van der Waals surface area contributed by atoms with Crippen molar-refractivity contribution in [3.05, 3.63) is 35.9 Å². The van der Waals surface area contributed by atoms with Gasteiger partial charge >= 0.3 is 12.0 Å². The fourth-order valence-corrected chi connectivity index (χ4v) is 3.85. The largest absolute Gasteiger partial charge is 0.451 e. The Hall–Kier alpha value is -2.90. The number of carbonyl (C=O) groups is 4. The lowest BCUT2D eigenvalue weighted by molar-refractivity contribution is -0.156. The van der Waals surface area contributed by atoms with Gasteiger partial charge in [-0.3, -0.25) is 19.3 Å². The summed E-state index contributed by atoms with van der Waals surface area (Å²) in [5.41, 5.74) is 0.227. The van der Waals surface area contributed by atoms with E-state index in [1.165, 1.54) is 6.92 Å². The molecule has 1 aliphatic carbocycles. The Kier molecular flexibility index (Phi) is 6.20. The number of esters is 1. The first-order chi connectivity index (χ1) is 13.8. The molecule has 3 rings (SSSR count). The molecular weight excluding hydrogens is 374 g/mol. The monoisotopic (exact) mass is 401 g/mol. The van der Waals surface area contributed by atoms with Crippen LogP contribution in [0.4, 0.5) is 4.79 Å². The van der Waals surface area contributed by atoms with Crippen molar-refractivity contribution in [2.45, 2.75) is 57.1 Å². The van der Waals surface area contributed by atoms with Gasteiger partial charge in [-0.15, -0.1) is 0 Å². The Balaban J connectivity index is 1.47. The van der Waals surface area contributed by atoms with Gasteiger partial charge in [0.1, 0.15) is 12.1 Å². The van der Waals surface area contributed by atoms with Crippen molar-refractivity contribution < 1.29 is 23.9 Å². The van der Waals surface area contributed by atoms with Gasteiger partial charge in [-0.05, 0) is 31.2 Å². The van der Waals surface area contributed by atoms with Crippen LogP contribution in [-0.4, -0.2) is 53.4 Å². The van der Waals surface area contributed by atoms with Crippen molar-refractivity contribution in [3.8, 4) is 0 Å². The molecule has 1 heterocycles. The molecule has 2 atom stereocenters. The third-order valence-electron chi connectivity index (χ3n) is 5.62. The Morgan fingerprint density at radius 3 is 2.48 bits per heavy atom. The van der Waals surface area contributed by atoms with E-state index in [1.54, 1.807) is 0 Å². The maximum Gasteiger partial charge on any atom is 0.327 e. The van der Waals surface area contributed by atoms with E-state index in [9.17, 15) is 19.2 Å². The van der Waals surface area contributed by atoms with Crippen molar-refractivity contribution >= 4 is 23.8 Å². The first-order valence-corrected chi connectivity index (χ1v) is 9.98. The summed E-state index contributed by atoms with van der Waals surface area (Å²) in [6, 6.07) is 9.18. The molecule has 1 aromatic carbocycles. The molecule has 0 bridgehead atoms. The Morgan fingerprint density at radius 1 is 1.17 bits per heavy atom. The summed E-state index contributed by atoms with van der Waals surface area (Å²) in [6.07, 6.45) is 1.88. The molecule has 2 N–H and O–H groups in total. The van der Waals surface area contributed by atoms with Crippen LogP contribution in [0.15, 0.2) is 30.3 Å². The molecule has 0 unspecified atom stereocenters. The zero-order valence-electron chi connectivity index (χ0n) is 16.8. The van der Waals surface area contributed by atoms with Gasteiger partial charge in [-0.2, -0.15) is 0 Å². The fraction of sp³-hybridized carbons (Fsp3) is 0.524. The zero-order valence-corrected chi connectivity index (χ0v) is 16.8. The number of nitrogens with zero attached hydrogens (tertiary/aromatic N) is 1. The van der Waals surface area contributed by atoms with E-state index in [0.717, 1.165) is 23.3 Å². The Labute approximate surface area is 170 Å². The van der Waals surface area contributed by atoms with Crippen molar-refractivity contribution in [1.82, 2.24) is 15.5 Å². The molecule has 8 heteroatoms. The van der Waals surface area contributed by atoms with Crippen molar-refractivity contribution in [1.29, 1.82) is 0 Å². The molecule has 1 saturated heterocycles. The average Bonchev–Trinajstić information content (AvgIpc) is 3.27. The second kappa shape index (κ2) is 8.63. The van der Waals surface area contributed by atoms with Crippen molar-refractivity contribution in [2.75, 3.05) is 13.1 Å². The van der Waals surface area contributed by atoms with Crippen molar-refractivity contribution in [3.63, 3.8) is 0 Å². The predicted octanol–water partition coefficient (Wildman–Crippen LogP) is 1.70. The molecule has 1 saturated carbocycles. The number of benzene rings is 1. The maximum absolute atomic E-state index is 12.6. The van der Waals surface area contributed by atoms with Crippen LogP contribution in [0.1, 0.15) is 51.0 Å². The number of hydrogen-bond acceptors (Lipinski definition) is 5. The number of nitrogens with one attached hydrogen (secondary N) is 2. The lowest BCUT2D eigenvalue weighted by Gasteiger charge is -2.20. The molecule has 1 aliphatic heterocycles. The molecule has 29 heavy (non-hydrogen) atoms. The van der Waals surface area contributed by atoms with Gasteiger partial charge in [0, 0.05) is 6.54 Å². The standard InChI is InChI=1S/C21H27N3O5/c1-14(16-8-4-3-5-9-16)12-22-18(26)15(2)29-17(25)13-24-19(27)21(23-20(24)28)10-6-7-11-21/h3-5,8-9,14-15H,6-7,10-13H2,1-2H3,(H,22,26)(H,23,28)/t14-,15-/m1/s1. The van der Waals surface area contributed by atoms with Gasteiger partial charge in [0.25, 0.3) is 11.8 Å². The first kappa shape index (κ1) is 20.8. The molecule has 2 fully saturated rings. The topological polar surface area (TPSA) is 105 Å². The minimum Gasteiger partial charge on any atom is -0.451 e. The molecule has 156 valence electrons. The minimum atomic E-state index is -1.02. The highest BCUT2D eigenvalue weighted by Crippen LogP contribution is 2.34. The van der Waals surface area contributed by atoms with Gasteiger partial charge in [-0.25, -0.2) is 4.79 Å². The summed E-state index contributed by atoms with van der Waals surface area (Å²) in [5.74, 6) is -1.49. The molecule has 0 aromatic heterocycles. The van der Waals surface area contributed by atoms with Gasteiger partial charge in [0.05, 0.1) is 0 Å². The van der Waals surface area contributed by atoms with Crippen LogP contribution in [-0.2, 0) is 19.1 Å². The Bertz CT molecular complexity index is 789. The normalized spacial score (nSPS) is 19.7. The maximum atomic E-state index is 12.6. The summed E-state index contributed by atoms with van der Waals surface area (Å²) in [5, 5.41) is 5.47. The molecule has 1 spiro atoms. The van der Waals surface area contributed by atoms with E-state index >= 15 is 0 Å². The van der Waals surface area contributed by atoms with Gasteiger partial charge in [-0.1, -0.05) is 50.1 Å². The summed E-state index contributed by atoms with van der Waals surface area (Å²) in [4.78, 5) is 50.0. The van der Waals surface area contributed by atoms with Crippen molar-refractivity contribution in [2.24, 2.45) is 0 Å². The van der Waals surface area contributed by atoms with Crippen LogP contribution in [0.2, 0.25) is 0 Å². The number of urea groups is 1. The Morgan fingerprint density at radius 2 is 1.83 bits per heavy atom. The number of hydrogen-bond donors (Lipinski definition) is 2. The molecule has 8 nitrogen and oxygen atoms in total. The third-order valence-corrected chi connectivity index (χ3v) is 5.62. The molecule has 1 aromatic rings. The van der Waals surface area contributed by atoms with E-state index in [-0.39, 0.29) is 11.8 Å². The summed E-state index contributed by atoms with van der Waals surface area (Å²) >= 11 is 0. The summed E-state index contributed by atoms with van der Waals surface area (Å²) in [6.45, 7) is 3.36. The first-order valence-electron chi connectivity index (χ1n) is 9.98. The highest BCUT2D eigenvalue weighted by atomic mass is 16.5. The SMILES string of the molecule is C[C@H](CNC(=O)[C@@H](C)OC(=O)CN1C(=O)NC2(CCCC2)C1=O)c1ccccc1. The van der Waals surface area contributed by atoms with E-state index in [1.807, 2.05) is 37.3 Å². The minimum absolute atomic E-state index is 0.108. The van der Waals surface area contributed by atoms with Crippen LogP contribution < -0.4 is 10.6 Å². The number of imide groups is 1.